The fourth-order valence-corrected chi connectivity index (χ4v) is 1.58. The van der Waals surface area contributed by atoms with E-state index < -0.39 is 11.6 Å². The van der Waals surface area contributed by atoms with E-state index >= 15 is 0 Å². The van der Waals surface area contributed by atoms with Gasteiger partial charge in [0.1, 0.15) is 6.61 Å². The molecule has 0 saturated heterocycles. The van der Waals surface area contributed by atoms with Gasteiger partial charge in [0, 0.05) is 18.7 Å². The van der Waals surface area contributed by atoms with Gasteiger partial charge in [-0.3, -0.25) is 0 Å². The van der Waals surface area contributed by atoms with E-state index in [1.807, 2.05) is 0 Å². The average molecular weight is 220 g/mol. The molecule has 1 N–H and O–H groups in total. The van der Waals surface area contributed by atoms with Crippen LogP contribution in [-0.2, 0) is 6.54 Å². The molecule has 1 heterocycles. The lowest BCUT2D eigenvalue weighted by molar-refractivity contribution is 0.303. The van der Waals surface area contributed by atoms with Crippen LogP contribution in [0.3, 0.4) is 0 Å². The third-order valence-electron chi connectivity index (χ3n) is 2.04. The zero-order valence-electron chi connectivity index (χ0n) is 7.24. The van der Waals surface area contributed by atoms with Crippen molar-refractivity contribution in [2.24, 2.45) is 0 Å². The molecule has 0 radical (unpaired) electrons. The molecule has 0 aliphatic carbocycles. The predicted octanol–water partition coefficient (Wildman–Crippen LogP) is 2.10. The van der Waals surface area contributed by atoms with Gasteiger partial charge in [-0.25, -0.2) is 4.39 Å². The third-order valence-corrected chi connectivity index (χ3v) is 2.31. The summed E-state index contributed by atoms with van der Waals surface area (Å²) in [5.74, 6) is -2.08. The highest BCUT2D eigenvalue weighted by molar-refractivity contribution is 6.30. The molecule has 0 spiro atoms. The summed E-state index contributed by atoms with van der Waals surface area (Å²) < 4.78 is 31.4. The summed E-state index contributed by atoms with van der Waals surface area (Å²) in [6, 6.07) is 1.38. The van der Waals surface area contributed by atoms with Crippen molar-refractivity contribution >= 4 is 11.6 Å². The molecule has 0 bridgehead atoms. The fourth-order valence-electron chi connectivity index (χ4n) is 1.36. The van der Waals surface area contributed by atoms with Gasteiger partial charge in [-0.05, 0) is 6.07 Å². The molecule has 0 saturated carbocycles. The van der Waals surface area contributed by atoms with Gasteiger partial charge in [0.05, 0.1) is 5.02 Å². The van der Waals surface area contributed by atoms with Gasteiger partial charge in [0.25, 0.3) is 0 Å². The molecular formula is C9H8ClF2NO. The SMILES string of the molecule is Fc1c(Cl)cc2c(c1F)OCCNC2. The molecule has 1 aromatic rings. The van der Waals surface area contributed by atoms with Crippen molar-refractivity contribution in [3.05, 3.63) is 28.3 Å². The Bertz CT molecular complexity index is 370. The molecule has 1 aromatic carbocycles. The van der Waals surface area contributed by atoms with E-state index in [9.17, 15) is 8.78 Å². The van der Waals surface area contributed by atoms with Crippen LogP contribution in [0.5, 0.6) is 5.75 Å². The number of nitrogens with one attached hydrogen (secondary N) is 1. The third kappa shape index (κ3) is 1.55. The van der Waals surface area contributed by atoms with Crippen LogP contribution in [0.1, 0.15) is 5.56 Å². The number of ether oxygens (including phenoxy) is 1. The van der Waals surface area contributed by atoms with Crippen LogP contribution in [-0.4, -0.2) is 13.2 Å². The molecule has 1 aliphatic rings. The first-order valence-electron chi connectivity index (χ1n) is 4.20. The van der Waals surface area contributed by atoms with E-state index in [2.05, 4.69) is 5.32 Å². The molecular weight excluding hydrogens is 212 g/mol. The van der Waals surface area contributed by atoms with Gasteiger partial charge in [0.15, 0.2) is 11.6 Å². The summed E-state index contributed by atoms with van der Waals surface area (Å²) in [6.07, 6.45) is 0. The monoisotopic (exact) mass is 219 g/mol. The standard InChI is InChI=1S/C9H8ClF2NO/c10-6-3-5-4-13-1-2-14-9(5)8(12)7(6)11/h3,13H,1-2,4H2. The molecule has 5 heteroatoms. The summed E-state index contributed by atoms with van der Waals surface area (Å²) in [6.45, 7) is 1.37. The number of hydrogen-bond donors (Lipinski definition) is 1. The van der Waals surface area contributed by atoms with Crippen molar-refractivity contribution in [1.82, 2.24) is 5.32 Å². The summed E-state index contributed by atoms with van der Waals surface area (Å²) in [5.41, 5.74) is 0.548. The van der Waals surface area contributed by atoms with Crippen LogP contribution < -0.4 is 10.1 Å². The predicted molar refractivity (Wildman–Crippen MR) is 48.6 cm³/mol. The Morgan fingerprint density at radius 2 is 2.14 bits per heavy atom. The Morgan fingerprint density at radius 1 is 1.36 bits per heavy atom. The normalized spacial score (nSPS) is 15.6. The van der Waals surface area contributed by atoms with Gasteiger partial charge < -0.3 is 10.1 Å². The minimum atomic E-state index is -1.05. The highest BCUT2D eigenvalue weighted by Gasteiger charge is 2.20. The molecule has 76 valence electrons. The zero-order chi connectivity index (χ0) is 10.1. The van der Waals surface area contributed by atoms with E-state index in [0.717, 1.165) is 0 Å². The molecule has 0 amide bonds. The Hall–Kier alpha value is -0.870. The maximum atomic E-state index is 13.3. The summed E-state index contributed by atoms with van der Waals surface area (Å²) in [7, 11) is 0. The van der Waals surface area contributed by atoms with Crippen LogP contribution in [0.25, 0.3) is 0 Å². The summed E-state index contributed by atoms with van der Waals surface area (Å²) in [5, 5.41) is 2.79. The van der Waals surface area contributed by atoms with E-state index in [1.54, 1.807) is 0 Å². The molecule has 2 rings (SSSR count). The second-order valence-electron chi connectivity index (χ2n) is 3.00. The van der Waals surface area contributed by atoms with Crippen molar-refractivity contribution in [1.29, 1.82) is 0 Å². The zero-order valence-corrected chi connectivity index (χ0v) is 8.00. The number of fused-ring (bicyclic) bond motifs is 1. The maximum absolute atomic E-state index is 13.3. The van der Waals surface area contributed by atoms with Crippen molar-refractivity contribution in [2.75, 3.05) is 13.2 Å². The van der Waals surface area contributed by atoms with Crippen LogP contribution in [0, 0.1) is 11.6 Å². The highest BCUT2D eigenvalue weighted by Crippen LogP contribution is 2.31. The molecule has 1 aliphatic heterocycles. The number of benzene rings is 1. The van der Waals surface area contributed by atoms with Gasteiger partial charge in [-0.15, -0.1) is 0 Å². The van der Waals surface area contributed by atoms with Gasteiger partial charge in [-0.1, -0.05) is 11.6 Å². The maximum Gasteiger partial charge on any atom is 0.202 e. The Balaban J connectivity index is 2.55. The summed E-state index contributed by atoms with van der Waals surface area (Å²) >= 11 is 5.51. The first-order chi connectivity index (χ1) is 6.70. The molecule has 2 nitrogen and oxygen atoms in total. The van der Waals surface area contributed by atoms with Crippen LogP contribution in [0.2, 0.25) is 5.02 Å². The lowest BCUT2D eigenvalue weighted by Crippen LogP contribution is -2.16. The smallest absolute Gasteiger partial charge is 0.202 e. The topological polar surface area (TPSA) is 21.3 Å². The highest BCUT2D eigenvalue weighted by atomic mass is 35.5. The first kappa shape index (κ1) is 9.68. The Labute approximate surface area is 84.8 Å². The first-order valence-corrected chi connectivity index (χ1v) is 4.58. The molecule has 0 unspecified atom stereocenters. The van der Waals surface area contributed by atoms with Crippen molar-refractivity contribution < 1.29 is 13.5 Å². The second-order valence-corrected chi connectivity index (χ2v) is 3.41. The van der Waals surface area contributed by atoms with Crippen LogP contribution in [0.15, 0.2) is 6.07 Å². The van der Waals surface area contributed by atoms with Crippen molar-refractivity contribution in [3.8, 4) is 5.75 Å². The minimum absolute atomic E-state index is 0.0306. The number of halogens is 3. The van der Waals surface area contributed by atoms with Gasteiger partial charge in [-0.2, -0.15) is 4.39 Å². The minimum Gasteiger partial charge on any atom is -0.489 e. The van der Waals surface area contributed by atoms with E-state index in [0.29, 0.717) is 25.3 Å². The number of hydrogen-bond acceptors (Lipinski definition) is 2. The number of rotatable bonds is 0. The van der Waals surface area contributed by atoms with E-state index in [4.69, 9.17) is 16.3 Å². The van der Waals surface area contributed by atoms with Crippen molar-refractivity contribution in [3.63, 3.8) is 0 Å². The molecule has 0 aromatic heterocycles. The Morgan fingerprint density at radius 3 is 2.93 bits per heavy atom. The summed E-state index contributed by atoms with van der Waals surface area (Å²) in [4.78, 5) is 0. The average Bonchev–Trinajstić information content (AvgIpc) is 2.39. The van der Waals surface area contributed by atoms with Crippen molar-refractivity contribution in [2.45, 2.75) is 6.54 Å². The lowest BCUT2D eigenvalue weighted by Gasteiger charge is -2.08. The largest absolute Gasteiger partial charge is 0.489 e. The van der Waals surface area contributed by atoms with E-state index in [-0.39, 0.29) is 10.8 Å². The van der Waals surface area contributed by atoms with E-state index in [1.165, 1.54) is 6.07 Å². The fraction of sp³-hybridized carbons (Fsp3) is 0.333. The van der Waals surface area contributed by atoms with Crippen LogP contribution in [0.4, 0.5) is 8.78 Å². The lowest BCUT2D eigenvalue weighted by atomic mass is 10.2. The van der Waals surface area contributed by atoms with Gasteiger partial charge >= 0.3 is 0 Å². The van der Waals surface area contributed by atoms with Gasteiger partial charge in [0.2, 0.25) is 5.82 Å². The molecule has 0 atom stereocenters. The molecule has 0 fully saturated rings. The van der Waals surface area contributed by atoms with Crippen LogP contribution >= 0.6 is 11.6 Å². The second kappa shape index (κ2) is 3.71. The Kier molecular flexibility index (Phi) is 2.56. The quantitative estimate of drug-likeness (QED) is 0.675. The molecule has 14 heavy (non-hydrogen) atoms.